The molecule has 3 atom stereocenters. The maximum Gasteiger partial charge on any atom is 0.309 e. The van der Waals surface area contributed by atoms with Gasteiger partial charge in [-0.25, -0.2) is 8.78 Å². The Hall–Kier alpha value is -3.89. The van der Waals surface area contributed by atoms with Crippen LogP contribution in [0.5, 0.6) is 17.2 Å². The summed E-state index contributed by atoms with van der Waals surface area (Å²) in [5.41, 5.74) is 2.85. The lowest BCUT2D eigenvalue weighted by molar-refractivity contribution is -0.143. The molecule has 1 unspecified atom stereocenters. The van der Waals surface area contributed by atoms with Gasteiger partial charge in [0.15, 0.2) is 11.6 Å². The van der Waals surface area contributed by atoms with Gasteiger partial charge in [-0.3, -0.25) is 14.5 Å². The minimum Gasteiger partial charge on any atom is -0.494 e. The highest BCUT2D eigenvalue weighted by atomic mass is 35.5. The first-order valence-electron chi connectivity index (χ1n) is 14.7. The van der Waals surface area contributed by atoms with E-state index in [9.17, 15) is 19.1 Å². The van der Waals surface area contributed by atoms with Gasteiger partial charge in [0, 0.05) is 34.8 Å². The molecule has 8 nitrogen and oxygen atoms in total. The fourth-order valence-electron chi connectivity index (χ4n) is 6.17. The third kappa shape index (κ3) is 6.32. The lowest BCUT2D eigenvalue weighted by atomic mass is 9.82. The Morgan fingerprint density at radius 3 is 2.41 bits per heavy atom. The quantitative estimate of drug-likeness (QED) is 0.243. The number of carbonyl (C=O) groups is 2. The molecule has 2 aliphatic heterocycles. The number of aryl methyl sites for hydroxylation is 2. The number of nitrogens with zero attached hydrogens (tertiary/aromatic N) is 1. The number of benzene rings is 3. The van der Waals surface area contributed by atoms with Gasteiger partial charge in [-0.05, 0) is 66.3 Å². The topological polar surface area (TPSA) is 97.3 Å². The molecule has 234 valence electrons. The number of carboxylic acid groups (broad SMARTS) is 1. The van der Waals surface area contributed by atoms with E-state index in [0.29, 0.717) is 41.5 Å². The van der Waals surface area contributed by atoms with Crippen LogP contribution in [0.2, 0.25) is 5.02 Å². The van der Waals surface area contributed by atoms with Gasteiger partial charge in [-0.1, -0.05) is 38.4 Å². The van der Waals surface area contributed by atoms with Crippen molar-refractivity contribution in [3.63, 3.8) is 0 Å². The number of carboxylic acids is 1. The number of halogens is 3. The van der Waals surface area contributed by atoms with Crippen LogP contribution in [0.4, 0.5) is 14.5 Å². The number of aliphatic carboxylic acids is 1. The maximum atomic E-state index is 15.7. The van der Waals surface area contributed by atoms with Crippen molar-refractivity contribution in [1.82, 2.24) is 4.90 Å². The van der Waals surface area contributed by atoms with Crippen LogP contribution in [-0.4, -0.2) is 48.4 Å². The first-order chi connectivity index (χ1) is 21.1. The number of hydrogen-bond acceptors (Lipinski definition) is 6. The van der Waals surface area contributed by atoms with Crippen LogP contribution in [0.15, 0.2) is 42.5 Å². The molecule has 3 aromatic carbocycles. The first-order valence-corrected chi connectivity index (χ1v) is 15.1. The summed E-state index contributed by atoms with van der Waals surface area (Å²) < 4.78 is 46.9. The summed E-state index contributed by atoms with van der Waals surface area (Å²) in [6, 6.07) is 9.66. The van der Waals surface area contributed by atoms with Crippen LogP contribution in [0.1, 0.15) is 61.4 Å². The summed E-state index contributed by atoms with van der Waals surface area (Å²) in [7, 11) is 0. The smallest absolute Gasteiger partial charge is 0.309 e. The summed E-state index contributed by atoms with van der Waals surface area (Å²) in [5.74, 6) is -4.50. The van der Waals surface area contributed by atoms with E-state index in [1.807, 2.05) is 20.8 Å². The Morgan fingerprint density at radius 1 is 1.05 bits per heavy atom. The van der Waals surface area contributed by atoms with Crippen molar-refractivity contribution in [3.8, 4) is 17.2 Å². The van der Waals surface area contributed by atoms with Gasteiger partial charge in [0.25, 0.3) is 0 Å². The van der Waals surface area contributed by atoms with Crippen molar-refractivity contribution in [2.75, 3.05) is 31.8 Å². The molecule has 0 radical (unpaired) electrons. The summed E-state index contributed by atoms with van der Waals surface area (Å²) in [6.45, 7) is 5.90. The summed E-state index contributed by atoms with van der Waals surface area (Å²) in [6.07, 6.45) is 1.99. The normalized spacial score (nSPS) is 19.3. The van der Waals surface area contributed by atoms with Crippen molar-refractivity contribution in [2.24, 2.45) is 5.92 Å². The molecule has 0 aromatic heterocycles. The van der Waals surface area contributed by atoms with Crippen molar-refractivity contribution < 1.29 is 37.7 Å². The van der Waals surface area contributed by atoms with E-state index in [2.05, 4.69) is 5.32 Å². The standard InChI is InChI=1S/C33H35ClF2N2O6/c1-4-9-42-22-7-8-23(25(35)14-22)31-29(33(40)41)24(20-12-26(36)32-27(13-20)43-17-44-32)15-38(31)16-28(39)37-30-18(5-2)10-21(34)11-19(30)6-3/h7-8,10-14,24,29,31H,4-6,9,15-17H2,1-3H3,(H,37,39)(H,40,41)/t24-,29?,31+/m1/s1. The second kappa shape index (κ2) is 13.4. The van der Waals surface area contributed by atoms with E-state index in [1.54, 1.807) is 29.2 Å². The Labute approximate surface area is 259 Å². The lowest BCUT2D eigenvalue weighted by Crippen LogP contribution is -2.36. The molecule has 11 heteroatoms. The van der Waals surface area contributed by atoms with Gasteiger partial charge in [0.05, 0.1) is 25.1 Å². The third-order valence-electron chi connectivity index (χ3n) is 8.16. The minimum absolute atomic E-state index is 0.0402. The minimum atomic E-state index is -1.22. The van der Waals surface area contributed by atoms with Crippen LogP contribution in [-0.2, 0) is 22.4 Å². The summed E-state index contributed by atoms with van der Waals surface area (Å²) >= 11 is 6.30. The van der Waals surface area contributed by atoms with Crippen LogP contribution in [0, 0.1) is 17.6 Å². The zero-order chi connectivity index (χ0) is 31.5. The van der Waals surface area contributed by atoms with E-state index < -0.39 is 41.4 Å². The molecule has 1 amide bonds. The molecular formula is C33H35ClF2N2O6. The summed E-state index contributed by atoms with van der Waals surface area (Å²) in [4.78, 5) is 28.1. The number of amides is 1. The molecule has 2 aliphatic rings. The zero-order valence-electron chi connectivity index (χ0n) is 24.8. The van der Waals surface area contributed by atoms with Crippen LogP contribution >= 0.6 is 11.6 Å². The highest BCUT2D eigenvalue weighted by molar-refractivity contribution is 6.30. The van der Waals surface area contributed by atoms with E-state index in [-0.39, 0.29) is 36.9 Å². The molecule has 1 saturated heterocycles. The fourth-order valence-corrected chi connectivity index (χ4v) is 6.43. The van der Waals surface area contributed by atoms with E-state index >= 15 is 4.39 Å². The highest BCUT2D eigenvalue weighted by Crippen LogP contribution is 2.49. The van der Waals surface area contributed by atoms with Crippen molar-refractivity contribution in [2.45, 2.75) is 52.0 Å². The molecular weight excluding hydrogens is 594 g/mol. The predicted molar refractivity (Wildman–Crippen MR) is 162 cm³/mol. The molecule has 1 fully saturated rings. The molecule has 0 spiro atoms. The number of carbonyl (C=O) groups excluding carboxylic acids is 1. The number of hydrogen-bond donors (Lipinski definition) is 2. The highest BCUT2D eigenvalue weighted by Gasteiger charge is 2.49. The molecule has 2 N–H and O–H groups in total. The van der Waals surface area contributed by atoms with Crippen molar-refractivity contribution in [3.05, 3.63) is 81.4 Å². The van der Waals surface area contributed by atoms with Gasteiger partial charge in [0.1, 0.15) is 11.6 Å². The maximum absolute atomic E-state index is 15.7. The third-order valence-corrected chi connectivity index (χ3v) is 8.38. The largest absolute Gasteiger partial charge is 0.494 e. The van der Waals surface area contributed by atoms with Crippen LogP contribution in [0.25, 0.3) is 0 Å². The number of rotatable bonds is 11. The average molecular weight is 629 g/mol. The van der Waals surface area contributed by atoms with Gasteiger partial charge >= 0.3 is 5.97 Å². The van der Waals surface area contributed by atoms with Gasteiger partial charge < -0.3 is 24.6 Å². The Morgan fingerprint density at radius 2 is 1.77 bits per heavy atom. The van der Waals surface area contributed by atoms with E-state index in [1.165, 1.54) is 18.2 Å². The van der Waals surface area contributed by atoms with E-state index in [4.69, 9.17) is 25.8 Å². The lowest BCUT2D eigenvalue weighted by Gasteiger charge is -2.27. The second-order valence-electron chi connectivity index (χ2n) is 11.0. The monoisotopic (exact) mass is 628 g/mol. The molecule has 0 bridgehead atoms. The number of likely N-dealkylation sites (tertiary alicyclic amines) is 1. The average Bonchev–Trinajstić information content (AvgIpc) is 3.62. The van der Waals surface area contributed by atoms with Crippen molar-refractivity contribution in [1.29, 1.82) is 0 Å². The zero-order valence-corrected chi connectivity index (χ0v) is 25.5. The molecule has 0 saturated carbocycles. The van der Waals surface area contributed by atoms with Gasteiger partial charge in [0.2, 0.25) is 18.4 Å². The predicted octanol–water partition coefficient (Wildman–Crippen LogP) is 6.74. The molecule has 0 aliphatic carbocycles. The number of ether oxygens (including phenoxy) is 3. The molecule has 3 aromatic rings. The van der Waals surface area contributed by atoms with Gasteiger partial charge in [-0.15, -0.1) is 0 Å². The molecule has 2 heterocycles. The molecule has 44 heavy (non-hydrogen) atoms. The van der Waals surface area contributed by atoms with Crippen LogP contribution < -0.4 is 19.5 Å². The van der Waals surface area contributed by atoms with Gasteiger partial charge in [-0.2, -0.15) is 0 Å². The second-order valence-corrected chi connectivity index (χ2v) is 11.4. The van der Waals surface area contributed by atoms with E-state index in [0.717, 1.165) is 17.5 Å². The Bertz CT molecular complexity index is 1540. The SMILES string of the molecule is CCCOc1ccc([C@H]2C(C(=O)O)[C@@H](c3cc(F)c4c(c3)OCO4)CN2CC(=O)Nc2c(CC)cc(Cl)cc2CC)c(F)c1. The Balaban J connectivity index is 1.53. The molecule has 5 rings (SSSR count). The summed E-state index contributed by atoms with van der Waals surface area (Å²) in [5, 5.41) is 14.1. The number of nitrogens with one attached hydrogen (secondary N) is 1. The van der Waals surface area contributed by atoms with Crippen molar-refractivity contribution >= 4 is 29.2 Å². The fraction of sp³-hybridized carbons (Fsp3) is 0.394. The number of fused-ring (bicyclic) bond motifs is 1. The Kier molecular flexibility index (Phi) is 9.60. The van der Waals surface area contributed by atoms with Crippen LogP contribution in [0.3, 0.4) is 0 Å². The number of anilines is 1. The first kappa shape index (κ1) is 31.5.